The molecule has 1 atom stereocenters. The molecule has 0 aromatic carbocycles. The smallest absolute Gasteiger partial charge is 0.0931 e. The van der Waals surface area contributed by atoms with Crippen molar-refractivity contribution < 1.29 is 0 Å². The zero-order chi connectivity index (χ0) is 10.8. The third kappa shape index (κ3) is 2.42. The summed E-state index contributed by atoms with van der Waals surface area (Å²) in [6, 6.07) is 6.53. The predicted octanol–water partition coefficient (Wildman–Crippen LogP) is 4.08. The lowest BCUT2D eigenvalue weighted by Crippen LogP contribution is -2.15. The Kier molecular flexibility index (Phi) is 3.46. The van der Waals surface area contributed by atoms with Crippen LogP contribution < -0.4 is 5.32 Å². The minimum Gasteiger partial charge on any atom is -0.309 e. The molecule has 2 rings (SSSR count). The maximum atomic E-state index is 5.95. The first-order valence-electron chi connectivity index (χ1n) is 4.68. The Morgan fingerprint density at radius 3 is 2.67 bits per heavy atom. The van der Waals surface area contributed by atoms with Crippen LogP contribution in [0.25, 0.3) is 0 Å². The lowest BCUT2D eigenvalue weighted by atomic mass is 10.1. The first-order chi connectivity index (χ1) is 7.20. The average Bonchev–Trinajstić information content (AvgIpc) is 2.78. The molecule has 0 saturated heterocycles. The number of rotatable bonds is 3. The van der Waals surface area contributed by atoms with Crippen LogP contribution in [0.4, 0.5) is 0 Å². The van der Waals surface area contributed by atoms with Gasteiger partial charge in [0, 0.05) is 9.75 Å². The SMILES string of the molecule is CNC(c1csc(C)c1)c1ccc(Cl)s1. The Balaban J connectivity index is 2.32. The molecule has 2 aromatic heterocycles. The fourth-order valence-electron chi connectivity index (χ4n) is 1.57. The number of halogens is 1. The number of hydrogen-bond donors (Lipinski definition) is 1. The maximum absolute atomic E-state index is 5.95. The van der Waals surface area contributed by atoms with Crippen LogP contribution >= 0.6 is 34.3 Å². The molecule has 2 heterocycles. The highest BCUT2D eigenvalue weighted by molar-refractivity contribution is 7.16. The molecule has 0 amide bonds. The van der Waals surface area contributed by atoms with Gasteiger partial charge in [-0.3, -0.25) is 0 Å². The summed E-state index contributed by atoms with van der Waals surface area (Å²) in [4.78, 5) is 2.60. The average molecular weight is 258 g/mol. The molecule has 0 aliphatic rings. The molecule has 0 spiro atoms. The van der Waals surface area contributed by atoms with Gasteiger partial charge in [-0.2, -0.15) is 0 Å². The molecule has 0 aliphatic carbocycles. The monoisotopic (exact) mass is 257 g/mol. The van der Waals surface area contributed by atoms with Crippen LogP contribution in [0.15, 0.2) is 23.6 Å². The van der Waals surface area contributed by atoms with Crippen LogP contribution in [0.1, 0.15) is 21.4 Å². The Hall–Kier alpha value is -0.350. The van der Waals surface area contributed by atoms with Gasteiger partial charge in [-0.15, -0.1) is 22.7 Å². The van der Waals surface area contributed by atoms with E-state index >= 15 is 0 Å². The largest absolute Gasteiger partial charge is 0.309 e. The molecule has 1 unspecified atom stereocenters. The van der Waals surface area contributed by atoms with Crippen molar-refractivity contribution in [3.05, 3.63) is 43.2 Å². The van der Waals surface area contributed by atoms with Gasteiger partial charge in [0.1, 0.15) is 0 Å². The summed E-state index contributed by atoms with van der Waals surface area (Å²) in [6.07, 6.45) is 0. The van der Waals surface area contributed by atoms with Gasteiger partial charge in [0.05, 0.1) is 10.4 Å². The minimum atomic E-state index is 0.271. The third-order valence-corrected chi connectivity index (χ3v) is 4.43. The highest BCUT2D eigenvalue weighted by Gasteiger charge is 2.14. The Morgan fingerprint density at radius 2 is 2.20 bits per heavy atom. The fraction of sp³-hybridized carbons (Fsp3) is 0.273. The molecule has 1 N–H and O–H groups in total. The first kappa shape index (κ1) is 11.1. The second-order valence-corrected chi connectivity index (χ2v) is 6.22. The molecule has 0 fully saturated rings. The van der Waals surface area contributed by atoms with Crippen LogP contribution in [0.5, 0.6) is 0 Å². The summed E-state index contributed by atoms with van der Waals surface area (Å²) in [5, 5.41) is 5.52. The van der Waals surface area contributed by atoms with Gasteiger partial charge in [0.2, 0.25) is 0 Å². The second kappa shape index (κ2) is 4.66. The van der Waals surface area contributed by atoms with Crippen molar-refractivity contribution in [3.63, 3.8) is 0 Å². The first-order valence-corrected chi connectivity index (χ1v) is 6.75. The van der Waals surface area contributed by atoms with Gasteiger partial charge in [-0.25, -0.2) is 0 Å². The van der Waals surface area contributed by atoms with E-state index in [2.05, 4.69) is 29.8 Å². The van der Waals surface area contributed by atoms with Crippen molar-refractivity contribution >= 4 is 34.3 Å². The van der Waals surface area contributed by atoms with Crippen LogP contribution in [0.3, 0.4) is 0 Å². The van der Waals surface area contributed by atoms with E-state index in [9.17, 15) is 0 Å². The number of thiophene rings is 2. The number of aryl methyl sites for hydroxylation is 1. The van der Waals surface area contributed by atoms with E-state index in [0.29, 0.717) is 0 Å². The standard InChI is InChI=1S/C11H12ClNS2/c1-7-5-8(6-14-7)11(13-2)9-3-4-10(12)15-9/h3-6,11,13H,1-2H3. The second-order valence-electron chi connectivity index (χ2n) is 3.35. The van der Waals surface area contributed by atoms with E-state index in [1.807, 2.05) is 13.1 Å². The minimum absolute atomic E-state index is 0.271. The zero-order valence-corrected chi connectivity index (χ0v) is 11.0. The van der Waals surface area contributed by atoms with E-state index in [1.165, 1.54) is 15.3 Å². The van der Waals surface area contributed by atoms with Gasteiger partial charge < -0.3 is 5.32 Å². The molecule has 80 valence electrons. The molecular formula is C11H12ClNS2. The quantitative estimate of drug-likeness (QED) is 0.874. The Bertz CT molecular complexity index is 407. The third-order valence-electron chi connectivity index (χ3n) is 2.25. The highest BCUT2D eigenvalue weighted by atomic mass is 35.5. The van der Waals surface area contributed by atoms with E-state index in [0.717, 1.165) is 4.34 Å². The van der Waals surface area contributed by atoms with E-state index in [-0.39, 0.29) is 6.04 Å². The summed E-state index contributed by atoms with van der Waals surface area (Å²) in [7, 11) is 1.98. The van der Waals surface area contributed by atoms with Crippen molar-refractivity contribution in [2.45, 2.75) is 13.0 Å². The van der Waals surface area contributed by atoms with Crippen molar-refractivity contribution in [1.82, 2.24) is 5.32 Å². The van der Waals surface area contributed by atoms with Crippen LogP contribution in [-0.2, 0) is 0 Å². The zero-order valence-electron chi connectivity index (χ0n) is 8.58. The van der Waals surface area contributed by atoms with E-state index in [4.69, 9.17) is 11.6 Å². The van der Waals surface area contributed by atoms with Crippen molar-refractivity contribution in [2.24, 2.45) is 0 Å². The van der Waals surface area contributed by atoms with Gasteiger partial charge in [0.15, 0.2) is 0 Å². The lowest BCUT2D eigenvalue weighted by Gasteiger charge is -2.12. The van der Waals surface area contributed by atoms with Gasteiger partial charge in [-0.1, -0.05) is 11.6 Å². The maximum Gasteiger partial charge on any atom is 0.0931 e. The molecule has 1 nitrogen and oxygen atoms in total. The summed E-state index contributed by atoms with van der Waals surface area (Å²) in [5.74, 6) is 0. The Labute approximate surface area is 103 Å². The van der Waals surface area contributed by atoms with Crippen molar-refractivity contribution in [2.75, 3.05) is 7.05 Å². The van der Waals surface area contributed by atoms with E-state index < -0.39 is 0 Å². The van der Waals surface area contributed by atoms with Gasteiger partial charge >= 0.3 is 0 Å². The highest BCUT2D eigenvalue weighted by Crippen LogP contribution is 2.32. The van der Waals surface area contributed by atoms with Crippen molar-refractivity contribution in [3.8, 4) is 0 Å². The molecule has 0 aliphatic heterocycles. The molecule has 0 radical (unpaired) electrons. The predicted molar refractivity (Wildman–Crippen MR) is 69.3 cm³/mol. The van der Waals surface area contributed by atoms with Crippen LogP contribution in [0, 0.1) is 6.92 Å². The number of nitrogens with one attached hydrogen (secondary N) is 1. The normalized spacial score (nSPS) is 13.0. The molecule has 0 bridgehead atoms. The molecule has 15 heavy (non-hydrogen) atoms. The summed E-state index contributed by atoms with van der Waals surface area (Å²) >= 11 is 9.36. The van der Waals surface area contributed by atoms with E-state index in [1.54, 1.807) is 22.7 Å². The fourth-order valence-corrected chi connectivity index (χ4v) is 3.50. The molecular weight excluding hydrogens is 246 g/mol. The molecule has 0 saturated carbocycles. The van der Waals surface area contributed by atoms with Crippen LogP contribution in [0.2, 0.25) is 4.34 Å². The van der Waals surface area contributed by atoms with Crippen molar-refractivity contribution in [1.29, 1.82) is 0 Å². The van der Waals surface area contributed by atoms with Crippen LogP contribution in [-0.4, -0.2) is 7.05 Å². The van der Waals surface area contributed by atoms with Gasteiger partial charge in [0.25, 0.3) is 0 Å². The molecule has 2 aromatic rings. The topological polar surface area (TPSA) is 12.0 Å². The lowest BCUT2D eigenvalue weighted by molar-refractivity contribution is 0.706. The Morgan fingerprint density at radius 1 is 1.40 bits per heavy atom. The summed E-state index contributed by atoms with van der Waals surface area (Å²) in [6.45, 7) is 2.13. The number of hydrogen-bond acceptors (Lipinski definition) is 3. The summed E-state index contributed by atoms with van der Waals surface area (Å²) in [5.41, 5.74) is 1.32. The molecule has 4 heteroatoms. The summed E-state index contributed by atoms with van der Waals surface area (Å²) < 4.78 is 0.845. The van der Waals surface area contributed by atoms with Gasteiger partial charge in [-0.05, 0) is 43.1 Å².